The van der Waals surface area contributed by atoms with Crippen molar-refractivity contribution in [1.82, 2.24) is 9.97 Å². The Hall–Kier alpha value is -0.903. The van der Waals surface area contributed by atoms with Crippen LogP contribution in [0.4, 0.5) is 0 Å². The van der Waals surface area contributed by atoms with Crippen molar-refractivity contribution in [3.05, 3.63) is 12.0 Å². The van der Waals surface area contributed by atoms with Crippen LogP contribution in [0.2, 0.25) is 0 Å². The van der Waals surface area contributed by atoms with E-state index in [0.29, 0.717) is 17.4 Å². The van der Waals surface area contributed by atoms with Crippen LogP contribution in [0.25, 0.3) is 0 Å². The SMILES string of the molecule is CCCCCC(=O)c1nc[nH]c1[Si]. The highest BCUT2D eigenvalue weighted by Crippen LogP contribution is 2.03. The number of hydrogen-bond donors (Lipinski definition) is 1. The van der Waals surface area contributed by atoms with Gasteiger partial charge in [0.1, 0.15) is 5.69 Å². The van der Waals surface area contributed by atoms with Crippen LogP contribution in [0, 0.1) is 0 Å². The molecule has 3 radical (unpaired) electrons. The maximum atomic E-state index is 11.5. The van der Waals surface area contributed by atoms with Crippen LogP contribution < -0.4 is 5.32 Å². The first kappa shape index (κ1) is 10.2. The van der Waals surface area contributed by atoms with Crippen molar-refractivity contribution in [1.29, 1.82) is 0 Å². The van der Waals surface area contributed by atoms with Gasteiger partial charge in [-0.2, -0.15) is 0 Å². The number of carbonyl (C=O) groups is 1. The molecule has 1 N–H and O–H groups in total. The minimum Gasteiger partial charge on any atom is -0.352 e. The molecule has 0 spiro atoms. The standard InChI is InChI=1S/C9H13N2OSi/c1-2-3-4-5-7(12)8-9(13)11-6-10-8/h6H,2-5H2,1H3,(H,10,11). The number of carbonyl (C=O) groups excluding carboxylic acids is 1. The average molecular weight is 193 g/mol. The third-order valence-electron chi connectivity index (χ3n) is 1.91. The predicted molar refractivity (Wildman–Crippen MR) is 52.4 cm³/mol. The minimum absolute atomic E-state index is 0.111. The molecule has 69 valence electrons. The molecular formula is C9H13N2OSi. The van der Waals surface area contributed by atoms with E-state index in [1.54, 1.807) is 0 Å². The van der Waals surface area contributed by atoms with Crippen molar-refractivity contribution >= 4 is 21.3 Å². The summed E-state index contributed by atoms with van der Waals surface area (Å²) in [5.41, 5.74) is 0.521. The van der Waals surface area contributed by atoms with E-state index < -0.39 is 0 Å². The van der Waals surface area contributed by atoms with Gasteiger partial charge in [-0.3, -0.25) is 4.79 Å². The summed E-state index contributed by atoms with van der Waals surface area (Å²) in [5.74, 6) is 0.111. The molecule has 0 aliphatic heterocycles. The molecule has 0 fully saturated rings. The fourth-order valence-corrected chi connectivity index (χ4v) is 1.43. The zero-order chi connectivity index (χ0) is 9.68. The van der Waals surface area contributed by atoms with Gasteiger partial charge in [-0.1, -0.05) is 19.8 Å². The number of imidazole rings is 1. The van der Waals surface area contributed by atoms with E-state index >= 15 is 0 Å². The fourth-order valence-electron chi connectivity index (χ4n) is 1.16. The summed E-state index contributed by atoms with van der Waals surface area (Å²) in [6, 6.07) is 0. The van der Waals surface area contributed by atoms with Crippen molar-refractivity contribution in [2.75, 3.05) is 0 Å². The summed E-state index contributed by atoms with van der Waals surface area (Å²) < 4.78 is 0. The van der Waals surface area contributed by atoms with E-state index in [2.05, 4.69) is 27.1 Å². The number of aromatic amines is 1. The first-order valence-corrected chi connectivity index (χ1v) is 5.04. The zero-order valence-electron chi connectivity index (χ0n) is 7.76. The third kappa shape index (κ3) is 2.80. The molecule has 0 saturated carbocycles. The molecule has 1 aromatic rings. The molecule has 1 aromatic heterocycles. The summed E-state index contributed by atoms with van der Waals surface area (Å²) in [7, 11) is 3.29. The normalized spacial score (nSPS) is 10.3. The van der Waals surface area contributed by atoms with Gasteiger partial charge >= 0.3 is 0 Å². The lowest BCUT2D eigenvalue weighted by molar-refractivity contribution is 0.0976. The van der Waals surface area contributed by atoms with Gasteiger partial charge in [0, 0.05) is 11.7 Å². The van der Waals surface area contributed by atoms with Crippen molar-refractivity contribution in [2.24, 2.45) is 0 Å². The summed E-state index contributed by atoms with van der Waals surface area (Å²) in [5, 5.41) is 0.682. The van der Waals surface area contributed by atoms with Crippen LogP contribution in [0.3, 0.4) is 0 Å². The average Bonchev–Trinajstić information content (AvgIpc) is 2.52. The van der Waals surface area contributed by atoms with Crippen molar-refractivity contribution < 1.29 is 4.79 Å². The van der Waals surface area contributed by atoms with E-state index in [4.69, 9.17) is 0 Å². The molecule has 3 nitrogen and oxygen atoms in total. The molecule has 0 bridgehead atoms. The highest BCUT2D eigenvalue weighted by Gasteiger charge is 2.10. The van der Waals surface area contributed by atoms with E-state index in [1.807, 2.05) is 0 Å². The van der Waals surface area contributed by atoms with Crippen molar-refractivity contribution in [2.45, 2.75) is 32.6 Å². The topological polar surface area (TPSA) is 45.8 Å². The Morgan fingerprint density at radius 2 is 2.38 bits per heavy atom. The number of rotatable bonds is 5. The van der Waals surface area contributed by atoms with Gasteiger partial charge in [0.15, 0.2) is 5.78 Å². The molecule has 0 saturated heterocycles. The maximum Gasteiger partial charge on any atom is 0.182 e. The zero-order valence-corrected chi connectivity index (χ0v) is 8.76. The Bertz CT molecular complexity index is 283. The van der Waals surface area contributed by atoms with Gasteiger partial charge in [-0.25, -0.2) is 4.98 Å². The van der Waals surface area contributed by atoms with Crippen molar-refractivity contribution in [3.8, 4) is 0 Å². The summed E-state index contributed by atoms with van der Waals surface area (Å²) in [4.78, 5) is 18.3. The van der Waals surface area contributed by atoms with Gasteiger partial charge in [-0.05, 0) is 6.42 Å². The molecular weight excluding hydrogens is 180 g/mol. The Morgan fingerprint density at radius 1 is 1.62 bits per heavy atom. The molecule has 0 aliphatic rings. The van der Waals surface area contributed by atoms with Gasteiger partial charge in [0.05, 0.1) is 16.6 Å². The van der Waals surface area contributed by atoms with Crippen LogP contribution in [0.15, 0.2) is 6.33 Å². The number of hydrogen-bond acceptors (Lipinski definition) is 2. The summed E-state index contributed by atoms with van der Waals surface area (Å²) in [6.45, 7) is 2.12. The first-order valence-electron chi connectivity index (χ1n) is 4.54. The Balaban J connectivity index is 2.45. The number of aromatic nitrogens is 2. The van der Waals surface area contributed by atoms with Gasteiger partial charge in [0.25, 0.3) is 0 Å². The highest BCUT2D eigenvalue weighted by molar-refractivity contribution is 6.34. The third-order valence-corrected chi connectivity index (χ3v) is 2.29. The number of unbranched alkanes of at least 4 members (excludes halogenated alkanes) is 2. The lowest BCUT2D eigenvalue weighted by atomic mass is 10.1. The second kappa shape index (κ2) is 4.96. The molecule has 1 rings (SSSR count). The Morgan fingerprint density at radius 3 is 2.92 bits per heavy atom. The number of nitrogens with zero attached hydrogens (tertiary/aromatic N) is 1. The molecule has 4 heteroatoms. The Labute approximate surface area is 81.4 Å². The lowest BCUT2D eigenvalue weighted by Crippen LogP contribution is -2.15. The maximum absolute atomic E-state index is 11.5. The molecule has 13 heavy (non-hydrogen) atoms. The number of H-pyrrole nitrogens is 1. The quantitative estimate of drug-likeness (QED) is 0.430. The van der Waals surface area contributed by atoms with Gasteiger partial charge < -0.3 is 4.98 Å². The van der Waals surface area contributed by atoms with Gasteiger partial charge in [-0.15, -0.1) is 0 Å². The monoisotopic (exact) mass is 193 g/mol. The smallest absolute Gasteiger partial charge is 0.182 e. The second-order valence-electron chi connectivity index (χ2n) is 3.01. The summed E-state index contributed by atoms with van der Waals surface area (Å²) >= 11 is 0. The largest absolute Gasteiger partial charge is 0.352 e. The van der Waals surface area contributed by atoms with E-state index in [1.165, 1.54) is 6.33 Å². The Kier molecular flexibility index (Phi) is 3.89. The molecule has 0 atom stereocenters. The van der Waals surface area contributed by atoms with Gasteiger partial charge in [0.2, 0.25) is 0 Å². The number of nitrogens with one attached hydrogen (secondary N) is 1. The van der Waals surface area contributed by atoms with Crippen LogP contribution in [-0.4, -0.2) is 26.0 Å². The molecule has 0 aliphatic carbocycles. The number of Topliss-reactive ketones (excluding diaryl/α,β-unsaturated/α-hetero) is 1. The van der Waals surface area contributed by atoms with Crippen LogP contribution in [0.1, 0.15) is 43.1 Å². The fraction of sp³-hybridized carbons (Fsp3) is 0.556. The number of ketones is 1. The predicted octanol–water partition coefficient (Wildman–Crippen LogP) is 0.966. The first-order chi connectivity index (χ1) is 6.25. The van der Waals surface area contributed by atoms with Crippen LogP contribution in [-0.2, 0) is 0 Å². The van der Waals surface area contributed by atoms with E-state index in [0.717, 1.165) is 19.3 Å². The second-order valence-corrected chi connectivity index (χ2v) is 3.51. The van der Waals surface area contributed by atoms with E-state index in [9.17, 15) is 4.79 Å². The molecule has 1 heterocycles. The lowest BCUT2D eigenvalue weighted by Gasteiger charge is -1.97. The molecule has 0 aromatic carbocycles. The molecule has 0 unspecified atom stereocenters. The minimum atomic E-state index is 0.111. The van der Waals surface area contributed by atoms with Crippen LogP contribution in [0.5, 0.6) is 0 Å². The summed E-state index contributed by atoms with van der Waals surface area (Å²) in [6.07, 6.45) is 5.31. The molecule has 0 amide bonds. The highest BCUT2D eigenvalue weighted by atomic mass is 28.1. The van der Waals surface area contributed by atoms with Crippen molar-refractivity contribution in [3.63, 3.8) is 0 Å². The van der Waals surface area contributed by atoms with E-state index in [-0.39, 0.29) is 5.78 Å². The van der Waals surface area contributed by atoms with Crippen LogP contribution >= 0.6 is 0 Å².